The maximum atomic E-state index is 11.6. The predicted molar refractivity (Wildman–Crippen MR) is 85.0 cm³/mol. The number of hydrogen-bond acceptors (Lipinski definition) is 2. The van der Waals surface area contributed by atoms with Crippen LogP contribution in [-0.2, 0) is 4.79 Å². The molecular formula is C16H13IO2. The fourth-order valence-electron chi connectivity index (χ4n) is 1.64. The molecule has 0 radical (unpaired) electrons. The molecule has 0 aliphatic carbocycles. The molecule has 0 fully saturated rings. The maximum Gasteiger partial charge on any atom is 0.338 e. The molecule has 0 aliphatic rings. The Hall–Kier alpha value is -1.62. The molecule has 2 nitrogen and oxygen atoms in total. The van der Waals surface area contributed by atoms with Crippen molar-refractivity contribution in [2.75, 3.05) is 0 Å². The van der Waals surface area contributed by atoms with E-state index in [1.54, 1.807) is 13.0 Å². The van der Waals surface area contributed by atoms with Crippen molar-refractivity contribution >= 4 is 28.6 Å². The second-order valence-corrected chi connectivity index (χ2v) is 5.42. The van der Waals surface area contributed by atoms with E-state index in [1.807, 2.05) is 42.5 Å². The second-order valence-electron chi connectivity index (χ2n) is 4.18. The van der Waals surface area contributed by atoms with E-state index >= 15 is 0 Å². The Labute approximate surface area is 126 Å². The first-order valence-electron chi connectivity index (χ1n) is 5.80. The zero-order chi connectivity index (χ0) is 13.8. The average molecular weight is 364 g/mol. The minimum atomic E-state index is -0.405. The SMILES string of the molecule is C=C(C)C(=O)Oc1ccccc1-c1cccc(I)c1. The van der Waals surface area contributed by atoms with E-state index in [0.29, 0.717) is 11.3 Å². The molecule has 2 aromatic rings. The molecule has 0 saturated heterocycles. The van der Waals surface area contributed by atoms with Crippen LogP contribution < -0.4 is 4.74 Å². The van der Waals surface area contributed by atoms with E-state index in [2.05, 4.69) is 29.2 Å². The van der Waals surface area contributed by atoms with Crippen molar-refractivity contribution in [1.82, 2.24) is 0 Å². The fraction of sp³-hybridized carbons (Fsp3) is 0.0625. The van der Waals surface area contributed by atoms with Crippen LogP contribution in [0.4, 0.5) is 0 Å². The lowest BCUT2D eigenvalue weighted by atomic mass is 10.0. The van der Waals surface area contributed by atoms with Gasteiger partial charge in [-0.2, -0.15) is 0 Å². The lowest BCUT2D eigenvalue weighted by Crippen LogP contribution is -2.08. The van der Waals surface area contributed by atoms with Gasteiger partial charge in [-0.1, -0.05) is 36.9 Å². The first-order valence-corrected chi connectivity index (χ1v) is 6.88. The van der Waals surface area contributed by atoms with Crippen molar-refractivity contribution in [3.05, 3.63) is 64.3 Å². The van der Waals surface area contributed by atoms with E-state index in [4.69, 9.17) is 4.74 Å². The number of rotatable bonds is 3. The predicted octanol–water partition coefficient (Wildman–Crippen LogP) is 4.44. The van der Waals surface area contributed by atoms with Gasteiger partial charge < -0.3 is 4.74 Å². The van der Waals surface area contributed by atoms with Crippen LogP contribution in [0.1, 0.15) is 6.92 Å². The summed E-state index contributed by atoms with van der Waals surface area (Å²) < 4.78 is 6.50. The third kappa shape index (κ3) is 3.44. The van der Waals surface area contributed by atoms with Crippen LogP contribution in [0.25, 0.3) is 11.1 Å². The van der Waals surface area contributed by atoms with Gasteiger partial charge in [0.15, 0.2) is 0 Å². The number of benzene rings is 2. The number of hydrogen-bond donors (Lipinski definition) is 0. The summed E-state index contributed by atoms with van der Waals surface area (Å²) in [6, 6.07) is 15.5. The quantitative estimate of drug-likeness (QED) is 0.348. The third-order valence-corrected chi connectivity index (χ3v) is 3.24. The number of para-hydroxylation sites is 1. The molecule has 0 amide bonds. The summed E-state index contributed by atoms with van der Waals surface area (Å²) in [5, 5.41) is 0. The van der Waals surface area contributed by atoms with Crippen molar-refractivity contribution in [1.29, 1.82) is 0 Å². The number of carbonyl (C=O) groups excluding carboxylic acids is 1. The van der Waals surface area contributed by atoms with Crippen molar-refractivity contribution in [2.24, 2.45) is 0 Å². The van der Waals surface area contributed by atoms with Crippen LogP contribution >= 0.6 is 22.6 Å². The minimum Gasteiger partial charge on any atom is -0.423 e. The van der Waals surface area contributed by atoms with Crippen LogP contribution in [-0.4, -0.2) is 5.97 Å². The largest absolute Gasteiger partial charge is 0.423 e. The Balaban J connectivity index is 2.41. The molecule has 0 unspecified atom stereocenters. The molecular weight excluding hydrogens is 351 g/mol. The Bertz CT molecular complexity index is 632. The number of ether oxygens (including phenoxy) is 1. The topological polar surface area (TPSA) is 26.3 Å². The first-order chi connectivity index (χ1) is 9.08. The van der Waals surface area contributed by atoms with Gasteiger partial charge in [0.05, 0.1) is 0 Å². The Morgan fingerprint density at radius 2 is 1.89 bits per heavy atom. The molecule has 19 heavy (non-hydrogen) atoms. The van der Waals surface area contributed by atoms with E-state index in [1.165, 1.54) is 0 Å². The monoisotopic (exact) mass is 364 g/mol. The summed E-state index contributed by atoms with van der Waals surface area (Å²) in [7, 11) is 0. The summed E-state index contributed by atoms with van der Waals surface area (Å²) in [6.45, 7) is 5.23. The zero-order valence-corrected chi connectivity index (χ0v) is 12.7. The highest BCUT2D eigenvalue weighted by Crippen LogP contribution is 2.30. The van der Waals surface area contributed by atoms with Crippen molar-refractivity contribution in [3.8, 4) is 16.9 Å². The molecule has 0 heterocycles. The van der Waals surface area contributed by atoms with Gasteiger partial charge in [0.1, 0.15) is 5.75 Å². The van der Waals surface area contributed by atoms with Crippen LogP contribution in [0.2, 0.25) is 0 Å². The molecule has 0 N–H and O–H groups in total. The highest BCUT2D eigenvalue weighted by atomic mass is 127. The smallest absolute Gasteiger partial charge is 0.338 e. The number of halogens is 1. The van der Waals surface area contributed by atoms with Crippen LogP contribution in [0.3, 0.4) is 0 Å². The normalized spacial score (nSPS) is 10.0. The molecule has 0 saturated carbocycles. The lowest BCUT2D eigenvalue weighted by molar-refractivity contribution is -0.130. The van der Waals surface area contributed by atoms with Gasteiger partial charge in [0.2, 0.25) is 0 Å². The van der Waals surface area contributed by atoms with Gasteiger partial charge in [-0.05, 0) is 53.3 Å². The molecule has 0 bridgehead atoms. The van der Waals surface area contributed by atoms with E-state index in [-0.39, 0.29) is 0 Å². The maximum absolute atomic E-state index is 11.6. The molecule has 0 aliphatic heterocycles. The molecule has 3 heteroatoms. The molecule has 2 rings (SSSR count). The van der Waals surface area contributed by atoms with Gasteiger partial charge in [-0.15, -0.1) is 0 Å². The standard InChI is InChI=1S/C16H13IO2/c1-11(2)16(18)19-15-9-4-3-8-14(15)12-6-5-7-13(17)10-12/h3-10H,1H2,2H3. The van der Waals surface area contributed by atoms with Gasteiger partial charge >= 0.3 is 5.97 Å². The lowest BCUT2D eigenvalue weighted by Gasteiger charge is -2.10. The molecule has 96 valence electrons. The van der Waals surface area contributed by atoms with Gasteiger partial charge in [-0.25, -0.2) is 4.79 Å². The Kier molecular flexibility index (Phi) is 4.37. The third-order valence-electron chi connectivity index (χ3n) is 2.57. The average Bonchev–Trinajstić information content (AvgIpc) is 2.39. The van der Waals surface area contributed by atoms with Crippen LogP contribution in [0, 0.1) is 3.57 Å². The summed E-state index contributed by atoms with van der Waals surface area (Å²) in [4.78, 5) is 11.6. The Morgan fingerprint density at radius 1 is 1.16 bits per heavy atom. The second kappa shape index (κ2) is 6.02. The molecule has 0 atom stereocenters. The first kappa shape index (κ1) is 13.8. The van der Waals surface area contributed by atoms with Gasteiger partial charge in [-0.3, -0.25) is 0 Å². The van der Waals surface area contributed by atoms with Crippen LogP contribution in [0.5, 0.6) is 5.75 Å². The van der Waals surface area contributed by atoms with Crippen LogP contribution in [0.15, 0.2) is 60.7 Å². The molecule has 2 aromatic carbocycles. The van der Waals surface area contributed by atoms with E-state index < -0.39 is 5.97 Å². The fourth-order valence-corrected chi connectivity index (χ4v) is 2.18. The minimum absolute atomic E-state index is 0.387. The van der Waals surface area contributed by atoms with E-state index in [0.717, 1.165) is 14.7 Å². The summed E-state index contributed by atoms with van der Waals surface area (Å²) in [5.41, 5.74) is 2.31. The summed E-state index contributed by atoms with van der Waals surface area (Å²) in [5.74, 6) is 0.149. The highest BCUT2D eigenvalue weighted by molar-refractivity contribution is 14.1. The van der Waals surface area contributed by atoms with Crippen molar-refractivity contribution < 1.29 is 9.53 Å². The molecule has 0 spiro atoms. The van der Waals surface area contributed by atoms with Gasteiger partial charge in [0.25, 0.3) is 0 Å². The van der Waals surface area contributed by atoms with E-state index in [9.17, 15) is 4.79 Å². The molecule has 0 aromatic heterocycles. The Morgan fingerprint density at radius 3 is 2.58 bits per heavy atom. The number of esters is 1. The number of carbonyl (C=O) groups is 1. The van der Waals surface area contributed by atoms with Crippen molar-refractivity contribution in [2.45, 2.75) is 6.92 Å². The zero-order valence-electron chi connectivity index (χ0n) is 10.5. The summed E-state index contributed by atoms with van der Waals surface area (Å²) >= 11 is 2.26. The summed E-state index contributed by atoms with van der Waals surface area (Å²) in [6.07, 6.45) is 0. The highest BCUT2D eigenvalue weighted by Gasteiger charge is 2.10. The van der Waals surface area contributed by atoms with Crippen molar-refractivity contribution in [3.63, 3.8) is 0 Å². The van der Waals surface area contributed by atoms with Gasteiger partial charge in [0, 0.05) is 14.7 Å².